The standard InChI is InChI=1S/C23H29NO4S/c1-29(26,27)22-13-11-19(12-14-22)7-5-6-8-20-15-17-24(18-16-20)23(25)28-21-9-3-2-4-10-21/h2-4,9-14,20H,5-8,15-18H2,1H3. The number of carbonyl (C=O) groups is 1. The molecule has 1 amide bonds. The van der Waals surface area contributed by atoms with Gasteiger partial charge in [-0.25, -0.2) is 13.2 Å². The molecule has 3 rings (SSSR count). The van der Waals surface area contributed by atoms with Crippen molar-refractivity contribution in [2.45, 2.75) is 43.4 Å². The van der Waals surface area contributed by atoms with Crippen molar-refractivity contribution in [1.29, 1.82) is 0 Å². The molecular weight excluding hydrogens is 386 g/mol. The topological polar surface area (TPSA) is 63.7 Å². The number of piperidine rings is 1. The summed E-state index contributed by atoms with van der Waals surface area (Å²) in [5.41, 5.74) is 1.18. The van der Waals surface area contributed by atoms with Gasteiger partial charge in [0.15, 0.2) is 9.84 Å². The van der Waals surface area contributed by atoms with Gasteiger partial charge in [0.05, 0.1) is 4.90 Å². The highest BCUT2D eigenvalue weighted by molar-refractivity contribution is 7.90. The van der Waals surface area contributed by atoms with Crippen molar-refractivity contribution in [3.8, 4) is 5.75 Å². The Bertz CT molecular complexity index is 886. The van der Waals surface area contributed by atoms with E-state index < -0.39 is 9.84 Å². The number of benzene rings is 2. The van der Waals surface area contributed by atoms with E-state index >= 15 is 0 Å². The van der Waals surface area contributed by atoms with Crippen molar-refractivity contribution in [3.63, 3.8) is 0 Å². The van der Waals surface area contributed by atoms with Crippen LogP contribution in [0.1, 0.15) is 37.7 Å². The summed E-state index contributed by atoms with van der Waals surface area (Å²) in [6, 6.07) is 16.4. The van der Waals surface area contributed by atoms with Crippen molar-refractivity contribution in [3.05, 3.63) is 60.2 Å². The van der Waals surface area contributed by atoms with E-state index in [9.17, 15) is 13.2 Å². The van der Waals surface area contributed by atoms with Gasteiger partial charge in [-0.3, -0.25) is 0 Å². The van der Waals surface area contributed by atoms with Crippen LogP contribution in [-0.4, -0.2) is 38.8 Å². The predicted octanol–water partition coefficient (Wildman–Crippen LogP) is 4.71. The molecule has 5 nitrogen and oxygen atoms in total. The van der Waals surface area contributed by atoms with E-state index in [0.717, 1.165) is 45.2 Å². The third-order valence-corrected chi connectivity index (χ3v) is 6.63. The van der Waals surface area contributed by atoms with Gasteiger partial charge >= 0.3 is 6.09 Å². The summed E-state index contributed by atoms with van der Waals surface area (Å²) >= 11 is 0. The first-order valence-electron chi connectivity index (χ1n) is 10.2. The fourth-order valence-electron chi connectivity index (χ4n) is 3.72. The second-order valence-electron chi connectivity index (χ2n) is 7.77. The van der Waals surface area contributed by atoms with Crippen LogP contribution in [0.2, 0.25) is 0 Å². The maximum atomic E-state index is 12.2. The summed E-state index contributed by atoms with van der Waals surface area (Å²) in [5.74, 6) is 1.24. The van der Waals surface area contributed by atoms with Crippen LogP contribution < -0.4 is 4.74 Å². The molecule has 29 heavy (non-hydrogen) atoms. The SMILES string of the molecule is CS(=O)(=O)c1ccc(CCCCC2CCN(C(=O)Oc3ccccc3)CC2)cc1. The van der Waals surface area contributed by atoms with Crippen LogP contribution in [0.4, 0.5) is 4.79 Å². The maximum Gasteiger partial charge on any atom is 0.415 e. The van der Waals surface area contributed by atoms with Crippen LogP contribution in [0.3, 0.4) is 0 Å². The van der Waals surface area contributed by atoms with Gasteiger partial charge in [-0.1, -0.05) is 43.2 Å². The zero-order valence-electron chi connectivity index (χ0n) is 16.9. The van der Waals surface area contributed by atoms with E-state index in [1.54, 1.807) is 29.2 Å². The van der Waals surface area contributed by atoms with Gasteiger partial charge in [-0.2, -0.15) is 0 Å². The monoisotopic (exact) mass is 415 g/mol. The van der Waals surface area contributed by atoms with Crippen LogP contribution in [0.5, 0.6) is 5.75 Å². The number of sulfone groups is 1. The van der Waals surface area contributed by atoms with Gasteiger partial charge in [0, 0.05) is 19.3 Å². The van der Waals surface area contributed by atoms with Gasteiger partial charge < -0.3 is 9.64 Å². The molecule has 1 saturated heterocycles. The molecule has 6 heteroatoms. The molecule has 0 spiro atoms. The largest absolute Gasteiger partial charge is 0.415 e. The third-order valence-electron chi connectivity index (χ3n) is 5.50. The van der Waals surface area contributed by atoms with E-state index in [1.165, 1.54) is 18.2 Å². The molecule has 0 saturated carbocycles. The van der Waals surface area contributed by atoms with Crippen LogP contribution in [0.25, 0.3) is 0 Å². The van der Waals surface area contributed by atoms with E-state index in [-0.39, 0.29) is 6.09 Å². The number of hydrogen-bond donors (Lipinski definition) is 0. The molecule has 156 valence electrons. The highest BCUT2D eigenvalue weighted by atomic mass is 32.2. The van der Waals surface area contributed by atoms with Gasteiger partial charge in [-0.05, 0) is 61.4 Å². The smallest absolute Gasteiger partial charge is 0.410 e. The molecule has 2 aromatic carbocycles. The molecule has 1 heterocycles. The van der Waals surface area contributed by atoms with Gasteiger partial charge in [-0.15, -0.1) is 0 Å². The highest BCUT2D eigenvalue weighted by Crippen LogP contribution is 2.24. The number of likely N-dealkylation sites (tertiary alicyclic amines) is 1. The second kappa shape index (κ2) is 9.92. The Hall–Kier alpha value is -2.34. The minimum atomic E-state index is -3.12. The summed E-state index contributed by atoms with van der Waals surface area (Å²) in [4.78, 5) is 14.4. The minimum Gasteiger partial charge on any atom is -0.410 e. The summed E-state index contributed by atoms with van der Waals surface area (Å²) < 4.78 is 28.4. The summed E-state index contributed by atoms with van der Waals surface area (Å²) in [5, 5.41) is 0. The Balaban J connectivity index is 1.33. The van der Waals surface area contributed by atoms with Crippen LogP contribution >= 0.6 is 0 Å². The predicted molar refractivity (Wildman–Crippen MR) is 114 cm³/mol. The van der Waals surface area contributed by atoms with Crippen molar-refractivity contribution in [1.82, 2.24) is 4.90 Å². The van der Waals surface area contributed by atoms with E-state index in [0.29, 0.717) is 16.6 Å². The molecule has 0 bridgehead atoms. The number of ether oxygens (including phenoxy) is 1. The average molecular weight is 416 g/mol. The van der Waals surface area contributed by atoms with E-state index in [2.05, 4.69) is 0 Å². The molecule has 0 N–H and O–H groups in total. The number of amides is 1. The molecule has 0 atom stereocenters. The molecular formula is C23H29NO4S. The van der Waals surface area contributed by atoms with Gasteiger partial charge in [0.1, 0.15) is 5.75 Å². The number of nitrogens with zero attached hydrogens (tertiary/aromatic N) is 1. The number of hydrogen-bond acceptors (Lipinski definition) is 4. The van der Waals surface area contributed by atoms with Crippen molar-refractivity contribution in [2.75, 3.05) is 19.3 Å². The van der Waals surface area contributed by atoms with E-state index in [1.807, 2.05) is 30.3 Å². The molecule has 0 aliphatic carbocycles. The Morgan fingerprint density at radius 3 is 2.28 bits per heavy atom. The number of rotatable bonds is 7. The molecule has 1 aliphatic heterocycles. The highest BCUT2D eigenvalue weighted by Gasteiger charge is 2.23. The van der Waals surface area contributed by atoms with Crippen molar-refractivity contribution in [2.24, 2.45) is 5.92 Å². The van der Waals surface area contributed by atoms with Gasteiger partial charge in [0.2, 0.25) is 0 Å². The maximum absolute atomic E-state index is 12.2. The first kappa shape index (κ1) is 21.4. The Morgan fingerprint density at radius 1 is 1.00 bits per heavy atom. The molecule has 0 unspecified atom stereocenters. The molecule has 1 fully saturated rings. The Morgan fingerprint density at radius 2 is 1.66 bits per heavy atom. The van der Waals surface area contributed by atoms with Crippen LogP contribution in [-0.2, 0) is 16.3 Å². The lowest BCUT2D eigenvalue weighted by molar-refractivity contribution is 0.129. The molecule has 1 aliphatic rings. The first-order valence-corrected chi connectivity index (χ1v) is 12.1. The summed E-state index contributed by atoms with van der Waals surface area (Å²) in [6.45, 7) is 1.51. The first-order chi connectivity index (χ1) is 13.9. The van der Waals surface area contributed by atoms with Crippen LogP contribution in [0, 0.1) is 5.92 Å². The molecule has 0 aromatic heterocycles. The fourth-order valence-corrected chi connectivity index (χ4v) is 4.35. The lowest BCUT2D eigenvalue weighted by Crippen LogP contribution is -2.40. The number of para-hydroxylation sites is 1. The zero-order chi connectivity index (χ0) is 20.7. The summed E-state index contributed by atoms with van der Waals surface area (Å²) in [7, 11) is -3.12. The normalized spacial score (nSPS) is 15.3. The molecule has 0 radical (unpaired) electrons. The quantitative estimate of drug-likeness (QED) is 0.614. The van der Waals surface area contributed by atoms with E-state index in [4.69, 9.17) is 4.74 Å². The Labute approximate surface area is 173 Å². The lowest BCUT2D eigenvalue weighted by Gasteiger charge is -2.31. The minimum absolute atomic E-state index is 0.257. The average Bonchev–Trinajstić information content (AvgIpc) is 2.72. The number of carbonyl (C=O) groups excluding carboxylic acids is 1. The van der Waals surface area contributed by atoms with Crippen molar-refractivity contribution >= 4 is 15.9 Å². The summed E-state index contributed by atoms with van der Waals surface area (Å²) in [6.07, 6.45) is 7.39. The van der Waals surface area contributed by atoms with Gasteiger partial charge in [0.25, 0.3) is 0 Å². The molecule has 2 aromatic rings. The van der Waals surface area contributed by atoms with Crippen LogP contribution in [0.15, 0.2) is 59.5 Å². The second-order valence-corrected chi connectivity index (χ2v) is 9.79. The number of aryl methyl sites for hydroxylation is 1. The number of unbranched alkanes of at least 4 members (excludes halogenated alkanes) is 1. The Kier molecular flexibility index (Phi) is 7.31. The van der Waals surface area contributed by atoms with Crippen molar-refractivity contribution < 1.29 is 17.9 Å². The zero-order valence-corrected chi connectivity index (χ0v) is 17.7. The third kappa shape index (κ3) is 6.60. The lowest BCUT2D eigenvalue weighted by atomic mass is 9.91. The fraction of sp³-hybridized carbons (Fsp3) is 0.435.